The van der Waals surface area contributed by atoms with Crippen LogP contribution in [-0.4, -0.2) is 34.6 Å². The molecule has 1 spiro atoms. The first-order valence-electron chi connectivity index (χ1n) is 9.65. The topological polar surface area (TPSA) is 40.5 Å². The molecular formula is C21H26F3NO2. The quantitative estimate of drug-likeness (QED) is 0.861. The van der Waals surface area contributed by atoms with Gasteiger partial charge in [0.05, 0.1) is 11.2 Å². The van der Waals surface area contributed by atoms with Crippen molar-refractivity contribution in [3.8, 4) is 0 Å². The Kier molecular flexibility index (Phi) is 4.15. The highest BCUT2D eigenvalue weighted by Gasteiger charge is 2.55. The summed E-state index contributed by atoms with van der Waals surface area (Å²) in [5, 5.41) is 9.79. The minimum Gasteiger partial charge on any atom is -0.390 e. The Morgan fingerprint density at radius 3 is 2.41 bits per heavy atom. The summed E-state index contributed by atoms with van der Waals surface area (Å²) in [6.45, 7) is 4.95. The lowest BCUT2D eigenvalue weighted by Gasteiger charge is -2.60. The van der Waals surface area contributed by atoms with Crippen LogP contribution in [0.4, 0.5) is 13.2 Å². The van der Waals surface area contributed by atoms with Crippen molar-refractivity contribution in [3.63, 3.8) is 0 Å². The number of hydrogen-bond donors (Lipinski definition) is 1. The zero-order valence-corrected chi connectivity index (χ0v) is 15.8. The maximum absolute atomic E-state index is 13.3. The first kappa shape index (κ1) is 18.8. The van der Waals surface area contributed by atoms with Gasteiger partial charge in [0.15, 0.2) is 0 Å². The Bertz CT molecular complexity index is 749. The number of rotatable bonds is 3. The zero-order valence-electron chi connectivity index (χ0n) is 15.8. The number of aryl methyl sites for hydroxylation is 1. The minimum absolute atomic E-state index is 0.0606. The molecule has 1 heterocycles. The fraction of sp³-hybridized carbons (Fsp3) is 0.667. The average Bonchev–Trinajstić information content (AvgIpc) is 2.45. The largest absolute Gasteiger partial charge is 0.416 e. The highest BCUT2D eigenvalue weighted by Crippen LogP contribution is 2.54. The van der Waals surface area contributed by atoms with Gasteiger partial charge in [-0.15, -0.1) is 0 Å². The van der Waals surface area contributed by atoms with Crippen LogP contribution in [0.5, 0.6) is 0 Å². The lowest BCUT2D eigenvalue weighted by Crippen LogP contribution is -2.66. The van der Waals surface area contributed by atoms with Crippen molar-refractivity contribution >= 4 is 5.91 Å². The first-order valence-corrected chi connectivity index (χ1v) is 9.65. The smallest absolute Gasteiger partial charge is 0.390 e. The predicted octanol–water partition coefficient (Wildman–Crippen LogP) is 3.96. The molecule has 27 heavy (non-hydrogen) atoms. The third-order valence-corrected chi connectivity index (χ3v) is 6.74. The molecule has 6 heteroatoms. The average molecular weight is 381 g/mol. The molecule has 4 rings (SSSR count). The Morgan fingerprint density at radius 1 is 1.22 bits per heavy atom. The third-order valence-electron chi connectivity index (χ3n) is 6.74. The summed E-state index contributed by atoms with van der Waals surface area (Å²) < 4.78 is 39.8. The molecule has 148 valence electrons. The summed E-state index contributed by atoms with van der Waals surface area (Å²) >= 11 is 0. The fourth-order valence-electron chi connectivity index (χ4n) is 5.45. The van der Waals surface area contributed by atoms with E-state index in [0.29, 0.717) is 30.4 Å². The van der Waals surface area contributed by atoms with Crippen LogP contribution in [0.1, 0.15) is 49.3 Å². The van der Waals surface area contributed by atoms with Gasteiger partial charge >= 0.3 is 6.18 Å². The van der Waals surface area contributed by atoms with E-state index in [4.69, 9.17) is 0 Å². The van der Waals surface area contributed by atoms with Crippen LogP contribution in [-0.2, 0) is 17.4 Å². The highest BCUT2D eigenvalue weighted by molar-refractivity contribution is 5.81. The van der Waals surface area contributed by atoms with E-state index in [0.717, 1.165) is 25.9 Å². The van der Waals surface area contributed by atoms with Gasteiger partial charge in [0.2, 0.25) is 5.91 Å². The van der Waals surface area contributed by atoms with Gasteiger partial charge in [-0.25, -0.2) is 0 Å². The Morgan fingerprint density at radius 2 is 1.85 bits per heavy atom. The molecule has 2 aliphatic carbocycles. The number of alkyl halides is 3. The summed E-state index contributed by atoms with van der Waals surface area (Å²) in [6, 6.07) is 4.39. The van der Waals surface area contributed by atoms with Crippen molar-refractivity contribution in [3.05, 3.63) is 34.9 Å². The molecule has 1 aromatic carbocycles. The first-order chi connectivity index (χ1) is 12.5. The summed E-state index contributed by atoms with van der Waals surface area (Å²) in [5.74, 6) is 0.331. The predicted molar refractivity (Wildman–Crippen MR) is 95.0 cm³/mol. The Labute approximate surface area is 157 Å². The molecule has 1 N–H and O–H groups in total. The molecule has 1 aromatic rings. The van der Waals surface area contributed by atoms with Gasteiger partial charge in [-0.05, 0) is 69.1 Å². The molecule has 3 aliphatic rings. The number of likely N-dealkylation sites (tertiary alicyclic amines) is 1. The van der Waals surface area contributed by atoms with E-state index in [-0.39, 0.29) is 23.2 Å². The number of aliphatic hydroxyl groups is 1. The van der Waals surface area contributed by atoms with Gasteiger partial charge in [0.25, 0.3) is 0 Å². The summed E-state index contributed by atoms with van der Waals surface area (Å²) in [4.78, 5) is 14.3. The van der Waals surface area contributed by atoms with Gasteiger partial charge in [0.1, 0.15) is 0 Å². The minimum atomic E-state index is -4.31. The summed E-state index contributed by atoms with van der Waals surface area (Å²) in [5.41, 5.74) is 0.0370. The van der Waals surface area contributed by atoms with Crippen LogP contribution in [0, 0.1) is 24.2 Å². The number of carbonyl (C=O) groups excluding carboxylic acids is 1. The van der Waals surface area contributed by atoms with Crippen molar-refractivity contribution in [1.82, 2.24) is 4.90 Å². The monoisotopic (exact) mass is 381 g/mol. The van der Waals surface area contributed by atoms with Gasteiger partial charge in [-0.1, -0.05) is 12.1 Å². The van der Waals surface area contributed by atoms with Crippen LogP contribution >= 0.6 is 0 Å². The van der Waals surface area contributed by atoms with Gasteiger partial charge < -0.3 is 10.0 Å². The second-order valence-corrected chi connectivity index (χ2v) is 9.37. The molecular weight excluding hydrogens is 355 g/mol. The number of hydrogen-bond acceptors (Lipinski definition) is 2. The maximum atomic E-state index is 13.3. The third kappa shape index (κ3) is 3.37. The fourth-order valence-corrected chi connectivity index (χ4v) is 5.45. The number of benzene rings is 1. The van der Waals surface area contributed by atoms with E-state index in [1.165, 1.54) is 12.1 Å². The molecule has 0 radical (unpaired) electrons. The SMILES string of the molecule is Cc1cccc(C(F)(F)F)c1CC1CC2(C1)CN(C(=O)[C@H]1C[C@@](C)(O)C1)C2. The van der Waals surface area contributed by atoms with E-state index in [1.807, 2.05) is 4.90 Å². The number of amides is 1. The molecule has 3 nitrogen and oxygen atoms in total. The van der Waals surface area contributed by atoms with E-state index < -0.39 is 17.3 Å². The summed E-state index contributed by atoms with van der Waals surface area (Å²) in [7, 11) is 0. The number of halogens is 3. The van der Waals surface area contributed by atoms with E-state index >= 15 is 0 Å². The molecule has 0 atom stereocenters. The number of nitrogens with zero attached hydrogens (tertiary/aromatic N) is 1. The lowest BCUT2D eigenvalue weighted by molar-refractivity contribution is -0.171. The normalized spacial score (nSPS) is 29.9. The standard InChI is InChI=1S/C21H26F3NO2/c1-13-4-3-5-17(21(22,23)24)16(13)6-14-7-20(8-14)11-25(12-20)18(26)15-9-19(2,27)10-15/h3-5,14-15,27H,6-12H2,1-2H3/t15-,19+. The van der Waals surface area contributed by atoms with Gasteiger partial charge in [-0.2, -0.15) is 13.2 Å². The maximum Gasteiger partial charge on any atom is 0.416 e. The summed E-state index contributed by atoms with van der Waals surface area (Å²) in [6.07, 6.45) is -0.998. The molecule has 1 amide bonds. The lowest BCUT2D eigenvalue weighted by atomic mass is 9.56. The molecule has 0 unspecified atom stereocenters. The van der Waals surface area contributed by atoms with Crippen LogP contribution < -0.4 is 0 Å². The van der Waals surface area contributed by atoms with Crippen molar-refractivity contribution in [2.45, 2.75) is 57.7 Å². The molecule has 1 aliphatic heterocycles. The van der Waals surface area contributed by atoms with Crippen LogP contribution in [0.2, 0.25) is 0 Å². The van der Waals surface area contributed by atoms with Crippen LogP contribution in [0.3, 0.4) is 0 Å². The molecule has 0 bridgehead atoms. The number of carbonyl (C=O) groups is 1. The van der Waals surface area contributed by atoms with Crippen LogP contribution in [0.25, 0.3) is 0 Å². The molecule has 1 saturated heterocycles. The van der Waals surface area contributed by atoms with E-state index in [1.54, 1.807) is 19.9 Å². The van der Waals surface area contributed by atoms with Gasteiger partial charge in [0, 0.05) is 24.4 Å². The second-order valence-electron chi connectivity index (χ2n) is 9.37. The van der Waals surface area contributed by atoms with Crippen molar-refractivity contribution in [1.29, 1.82) is 0 Å². The zero-order chi connectivity index (χ0) is 19.6. The van der Waals surface area contributed by atoms with Gasteiger partial charge in [-0.3, -0.25) is 4.79 Å². The van der Waals surface area contributed by atoms with Crippen molar-refractivity contribution < 1.29 is 23.1 Å². The molecule has 3 fully saturated rings. The Hall–Kier alpha value is -1.56. The van der Waals surface area contributed by atoms with E-state index in [2.05, 4.69) is 0 Å². The Balaban J connectivity index is 1.31. The van der Waals surface area contributed by atoms with Crippen LogP contribution in [0.15, 0.2) is 18.2 Å². The van der Waals surface area contributed by atoms with Crippen molar-refractivity contribution in [2.24, 2.45) is 17.3 Å². The molecule has 0 aromatic heterocycles. The van der Waals surface area contributed by atoms with Crippen molar-refractivity contribution in [2.75, 3.05) is 13.1 Å². The highest BCUT2D eigenvalue weighted by atomic mass is 19.4. The second kappa shape index (κ2) is 5.97. The molecule has 2 saturated carbocycles. The van der Waals surface area contributed by atoms with E-state index in [9.17, 15) is 23.1 Å².